The summed E-state index contributed by atoms with van der Waals surface area (Å²) in [5, 5.41) is 0. The summed E-state index contributed by atoms with van der Waals surface area (Å²) in [6.07, 6.45) is 5.96. The van der Waals surface area contributed by atoms with Gasteiger partial charge in [0, 0.05) is 4.90 Å². The molecule has 2 rings (SSSR count). The van der Waals surface area contributed by atoms with Gasteiger partial charge in [0.25, 0.3) is 0 Å². The molecule has 0 saturated carbocycles. The summed E-state index contributed by atoms with van der Waals surface area (Å²) < 4.78 is 0. The molecule has 0 bridgehead atoms. The summed E-state index contributed by atoms with van der Waals surface area (Å²) in [7, 11) is 0. The molecule has 0 N–H and O–H groups in total. The molecule has 0 heterocycles. The molecule has 1 heteroatoms. The van der Waals surface area contributed by atoms with E-state index in [0.717, 1.165) is 6.42 Å². The molecule has 0 nitrogen and oxygen atoms in total. The van der Waals surface area contributed by atoms with Crippen LogP contribution in [-0.4, -0.2) is 0 Å². The molecular formula is C19H22S. The highest BCUT2D eigenvalue weighted by Gasteiger charge is 2.01. The second-order valence-corrected chi connectivity index (χ2v) is 6.24. The first-order valence-corrected chi connectivity index (χ1v) is 8.09. The first kappa shape index (κ1) is 14.9. The average Bonchev–Trinajstić information content (AvgIpc) is 2.48. The average molecular weight is 282 g/mol. The van der Waals surface area contributed by atoms with Crippen LogP contribution in [0, 0.1) is 6.92 Å². The van der Waals surface area contributed by atoms with Crippen molar-refractivity contribution in [3.8, 4) is 0 Å². The molecular weight excluding hydrogens is 260 g/mol. The van der Waals surface area contributed by atoms with E-state index in [1.807, 2.05) is 11.8 Å². The lowest BCUT2D eigenvalue weighted by Gasteiger charge is -2.07. The molecule has 0 aromatic heterocycles. The molecule has 0 spiro atoms. The van der Waals surface area contributed by atoms with Gasteiger partial charge in [-0.2, -0.15) is 0 Å². The van der Waals surface area contributed by atoms with Crippen molar-refractivity contribution in [3.63, 3.8) is 0 Å². The fourth-order valence-electron chi connectivity index (χ4n) is 2.00. The highest BCUT2D eigenvalue weighted by molar-refractivity contribution is 8.03. The van der Waals surface area contributed by atoms with Crippen molar-refractivity contribution in [2.24, 2.45) is 0 Å². The maximum absolute atomic E-state index is 2.32. The first-order chi connectivity index (χ1) is 9.78. The van der Waals surface area contributed by atoms with Crippen molar-refractivity contribution in [1.82, 2.24) is 0 Å². The lowest BCUT2D eigenvalue weighted by Crippen LogP contribution is -1.82. The van der Waals surface area contributed by atoms with E-state index in [4.69, 9.17) is 0 Å². The first-order valence-electron chi connectivity index (χ1n) is 7.28. The second kappa shape index (κ2) is 7.96. The minimum atomic E-state index is 1.16. The Bertz CT molecular complexity index is 538. The molecule has 0 atom stereocenters. The Morgan fingerprint density at radius 1 is 1.00 bits per heavy atom. The Hall–Kier alpha value is -1.47. The third-order valence-corrected chi connectivity index (χ3v) is 4.27. The van der Waals surface area contributed by atoms with Gasteiger partial charge in [0.2, 0.25) is 0 Å². The number of allylic oxidation sites excluding steroid dienone is 1. The second-order valence-electron chi connectivity index (χ2n) is 5.04. The van der Waals surface area contributed by atoms with E-state index in [9.17, 15) is 0 Å². The highest BCUT2D eigenvalue weighted by atomic mass is 32.2. The Morgan fingerprint density at radius 2 is 1.70 bits per heavy atom. The van der Waals surface area contributed by atoms with Gasteiger partial charge < -0.3 is 0 Å². The molecule has 0 aliphatic rings. The van der Waals surface area contributed by atoms with E-state index in [2.05, 4.69) is 74.5 Å². The number of thioether (sulfide) groups is 1. The normalized spacial score (nSPS) is 11.6. The monoisotopic (exact) mass is 282 g/mol. The number of benzene rings is 2. The van der Waals surface area contributed by atoms with E-state index < -0.39 is 0 Å². The number of rotatable bonds is 6. The minimum absolute atomic E-state index is 1.16. The van der Waals surface area contributed by atoms with E-state index in [1.54, 1.807) is 0 Å². The fraction of sp³-hybridized carbons (Fsp3) is 0.263. The zero-order valence-corrected chi connectivity index (χ0v) is 13.1. The van der Waals surface area contributed by atoms with Crippen LogP contribution in [0.4, 0.5) is 0 Å². The molecule has 2 aromatic carbocycles. The third-order valence-electron chi connectivity index (χ3n) is 3.17. The van der Waals surface area contributed by atoms with Gasteiger partial charge in [-0.1, -0.05) is 73.1 Å². The van der Waals surface area contributed by atoms with E-state index >= 15 is 0 Å². The van der Waals surface area contributed by atoms with Gasteiger partial charge in [0.15, 0.2) is 0 Å². The Balaban J connectivity index is 2.15. The van der Waals surface area contributed by atoms with Crippen molar-refractivity contribution in [2.75, 3.05) is 0 Å². The maximum Gasteiger partial charge on any atom is 0.0119 e. The largest absolute Gasteiger partial charge is 0.0945 e. The fourth-order valence-corrected chi connectivity index (χ4v) is 3.01. The van der Waals surface area contributed by atoms with Crippen molar-refractivity contribution in [3.05, 3.63) is 70.6 Å². The van der Waals surface area contributed by atoms with Crippen LogP contribution in [0.5, 0.6) is 0 Å². The maximum atomic E-state index is 2.32. The van der Waals surface area contributed by atoms with E-state index in [-0.39, 0.29) is 0 Å². The van der Waals surface area contributed by atoms with Crippen LogP contribution in [-0.2, 0) is 0 Å². The molecule has 104 valence electrons. The predicted molar refractivity (Wildman–Crippen MR) is 91.0 cm³/mol. The van der Waals surface area contributed by atoms with E-state index in [1.165, 1.54) is 33.8 Å². The quantitative estimate of drug-likeness (QED) is 0.559. The van der Waals surface area contributed by atoms with Crippen molar-refractivity contribution in [1.29, 1.82) is 0 Å². The lowest BCUT2D eigenvalue weighted by molar-refractivity contribution is 0.810. The Labute approximate surface area is 126 Å². The van der Waals surface area contributed by atoms with Crippen LogP contribution < -0.4 is 0 Å². The summed E-state index contributed by atoms with van der Waals surface area (Å²) >= 11 is 1.89. The molecule has 0 aliphatic carbocycles. The summed E-state index contributed by atoms with van der Waals surface area (Å²) in [5.74, 6) is 0. The molecule has 0 saturated heterocycles. The highest BCUT2D eigenvalue weighted by Crippen LogP contribution is 2.31. The molecule has 0 aliphatic heterocycles. The SMILES string of the molecule is CCCC/C(=C\c1ccccc1)Sc1ccc(C)cc1. The number of hydrogen-bond acceptors (Lipinski definition) is 1. The van der Waals surface area contributed by atoms with Gasteiger partial charge in [-0.3, -0.25) is 0 Å². The zero-order chi connectivity index (χ0) is 14.2. The molecule has 0 unspecified atom stereocenters. The molecule has 20 heavy (non-hydrogen) atoms. The lowest BCUT2D eigenvalue weighted by atomic mass is 10.1. The standard InChI is InChI=1S/C19H22S/c1-3-4-10-19(15-17-8-6-5-7-9-17)20-18-13-11-16(2)12-14-18/h5-9,11-15H,3-4,10H2,1-2H3/b19-15+. The minimum Gasteiger partial charge on any atom is -0.0945 e. The van der Waals surface area contributed by atoms with Gasteiger partial charge in [-0.05, 0) is 48.4 Å². The predicted octanol–water partition coefficient (Wildman–Crippen LogP) is 6.32. The summed E-state index contributed by atoms with van der Waals surface area (Å²) in [4.78, 5) is 2.77. The zero-order valence-electron chi connectivity index (χ0n) is 12.3. The van der Waals surface area contributed by atoms with Crippen molar-refractivity contribution >= 4 is 17.8 Å². The van der Waals surface area contributed by atoms with Crippen LogP contribution >= 0.6 is 11.8 Å². The van der Waals surface area contributed by atoms with Gasteiger partial charge in [0.05, 0.1) is 0 Å². The van der Waals surface area contributed by atoms with Gasteiger partial charge >= 0.3 is 0 Å². The number of unbranched alkanes of at least 4 members (excludes halogenated alkanes) is 1. The summed E-state index contributed by atoms with van der Waals surface area (Å²) in [5.41, 5.74) is 2.61. The van der Waals surface area contributed by atoms with Crippen molar-refractivity contribution in [2.45, 2.75) is 38.0 Å². The molecule has 0 amide bonds. The van der Waals surface area contributed by atoms with E-state index in [0.29, 0.717) is 0 Å². The van der Waals surface area contributed by atoms with Crippen LogP contribution in [0.25, 0.3) is 6.08 Å². The van der Waals surface area contributed by atoms with Crippen LogP contribution in [0.1, 0.15) is 37.3 Å². The number of hydrogen-bond donors (Lipinski definition) is 0. The Kier molecular flexibility index (Phi) is 5.94. The third kappa shape index (κ3) is 4.90. The van der Waals surface area contributed by atoms with Gasteiger partial charge in [-0.15, -0.1) is 0 Å². The van der Waals surface area contributed by atoms with Gasteiger partial charge in [-0.25, -0.2) is 0 Å². The smallest absolute Gasteiger partial charge is 0.0119 e. The van der Waals surface area contributed by atoms with Gasteiger partial charge in [0.1, 0.15) is 0 Å². The Morgan fingerprint density at radius 3 is 2.35 bits per heavy atom. The molecule has 0 radical (unpaired) electrons. The molecule has 2 aromatic rings. The summed E-state index contributed by atoms with van der Waals surface area (Å²) in [6, 6.07) is 19.4. The van der Waals surface area contributed by atoms with Crippen molar-refractivity contribution < 1.29 is 0 Å². The summed E-state index contributed by atoms with van der Waals surface area (Å²) in [6.45, 7) is 4.38. The van der Waals surface area contributed by atoms with Crippen LogP contribution in [0.2, 0.25) is 0 Å². The topological polar surface area (TPSA) is 0 Å². The van der Waals surface area contributed by atoms with Crippen LogP contribution in [0.3, 0.4) is 0 Å². The van der Waals surface area contributed by atoms with Crippen LogP contribution in [0.15, 0.2) is 64.4 Å². The molecule has 0 fully saturated rings. The number of aryl methyl sites for hydroxylation is 1.